The fraction of sp³-hybridized carbons (Fsp3) is 0.500. The Hall–Kier alpha value is -1.55. The molecule has 0 aromatic heterocycles. The van der Waals surface area contributed by atoms with Crippen molar-refractivity contribution in [3.05, 3.63) is 29.3 Å². The van der Waals surface area contributed by atoms with E-state index >= 15 is 0 Å². The first-order valence-electron chi connectivity index (χ1n) is 6.19. The summed E-state index contributed by atoms with van der Waals surface area (Å²) in [5, 5.41) is 12.2. The predicted octanol–water partition coefficient (Wildman–Crippen LogP) is 2.52. The Labute approximate surface area is 108 Å². The maximum Gasteiger partial charge on any atom is 0.344 e. The lowest BCUT2D eigenvalue weighted by atomic mass is 10.0. The number of carboxylic acid groups (broad SMARTS) is 1. The van der Waals surface area contributed by atoms with Crippen molar-refractivity contribution in [1.29, 1.82) is 0 Å². The Kier molecular flexibility index (Phi) is 5.16. The molecule has 100 valence electrons. The maximum atomic E-state index is 10.8. The van der Waals surface area contributed by atoms with Crippen molar-refractivity contribution < 1.29 is 14.6 Å². The average molecular weight is 251 g/mol. The van der Waals surface area contributed by atoms with Crippen molar-refractivity contribution in [1.82, 2.24) is 5.32 Å². The van der Waals surface area contributed by atoms with Crippen LogP contribution in [0.4, 0.5) is 0 Å². The number of ether oxygens (including phenoxy) is 1. The summed E-state index contributed by atoms with van der Waals surface area (Å²) in [4.78, 5) is 10.8. The first-order valence-corrected chi connectivity index (χ1v) is 6.19. The molecule has 18 heavy (non-hydrogen) atoms. The number of nitrogens with one attached hydrogen (secondary N) is 1. The number of benzene rings is 1. The van der Waals surface area contributed by atoms with Crippen LogP contribution in [0.5, 0.6) is 5.75 Å². The lowest BCUT2D eigenvalue weighted by molar-refractivity contribution is -0.144. The third-order valence-electron chi connectivity index (χ3n) is 2.79. The van der Waals surface area contributed by atoms with Crippen LogP contribution in [-0.2, 0) is 4.79 Å². The number of carbonyl (C=O) groups is 1. The van der Waals surface area contributed by atoms with Crippen LogP contribution in [0.1, 0.15) is 37.9 Å². The van der Waals surface area contributed by atoms with Crippen LogP contribution in [0.2, 0.25) is 0 Å². The van der Waals surface area contributed by atoms with Gasteiger partial charge in [-0.1, -0.05) is 24.6 Å². The minimum atomic E-state index is -0.961. The molecule has 4 heteroatoms. The zero-order valence-electron chi connectivity index (χ0n) is 11.4. The topological polar surface area (TPSA) is 58.6 Å². The van der Waals surface area contributed by atoms with Gasteiger partial charge in [0, 0.05) is 11.6 Å². The monoisotopic (exact) mass is 251 g/mol. The molecule has 0 fully saturated rings. The lowest BCUT2D eigenvalue weighted by Gasteiger charge is -2.20. The number of hydrogen-bond donors (Lipinski definition) is 2. The van der Waals surface area contributed by atoms with Gasteiger partial charge < -0.3 is 15.2 Å². The Morgan fingerprint density at radius 1 is 1.44 bits per heavy atom. The first-order chi connectivity index (χ1) is 8.45. The molecule has 2 atom stereocenters. The van der Waals surface area contributed by atoms with Gasteiger partial charge in [-0.2, -0.15) is 0 Å². The molecule has 0 aliphatic heterocycles. The molecule has 0 spiro atoms. The Morgan fingerprint density at radius 2 is 2.11 bits per heavy atom. The van der Waals surface area contributed by atoms with E-state index in [4.69, 9.17) is 9.84 Å². The Morgan fingerprint density at radius 3 is 2.67 bits per heavy atom. The predicted molar refractivity (Wildman–Crippen MR) is 71.0 cm³/mol. The van der Waals surface area contributed by atoms with Gasteiger partial charge in [-0.15, -0.1) is 0 Å². The zero-order chi connectivity index (χ0) is 13.7. The molecule has 0 radical (unpaired) electrons. The van der Waals surface area contributed by atoms with Crippen LogP contribution in [0, 0.1) is 6.92 Å². The van der Waals surface area contributed by atoms with E-state index in [-0.39, 0.29) is 6.04 Å². The van der Waals surface area contributed by atoms with E-state index in [1.165, 1.54) is 6.92 Å². The summed E-state index contributed by atoms with van der Waals surface area (Å²) in [6.45, 7) is 8.46. The van der Waals surface area contributed by atoms with Crippen molar-refractivity contribution >= 4 is 5.97 Å². The molecule has 2 unspecified atom stereocenters. The summed E-state index contributed by atoms with van der Waals surface area (Å²) < 4.78 is 5.49. The third kappa shape index (κ3) is 3.74. The number of rotatable bonds is 6. The highest BCUT2D eigenvalue weighted by Crippen LogP contribution is 2.27. The molecule has 0 bridgehead atoms. The van der Waals surface area contributed by atoms with E-state index in [2.05, 4.69) is 5.32 Å². The molecule has 4 nitrogen and oxygen atoms in total. The van der Waals surface area contributed by atoms with Gasteiger partial charge in [-0.3, -0.25) is 0 Å². The number of carboxylic acids is 1. The summed E-state index contributed by atoms with van der Waals surface area (Å²) in [7, 11) is 0. The van der Waals surface area contributed by atoms with Crippen molar-refractivity contribution in [2.45, 2.75) is 39.8 Å². The van der Waals surface area contributed by atoms with E-state index in [9.17, 15) is 4.79 Å². The second kappa shape index (κ2) is 6.40. The van der Waals surface area contributed by atoms with Crippen molar-refractivity contribution in [3.8, 4) is 5.75 Å². The van der Waals surface area contributed by atoms with Gasteiger partial charge >= 0.3 is 5.97 Å². The second-order valence-electron chi connectivity index (χ2n) is 4.42. The molecule has 0 amide bonds. The smallest absolute Gasteiger partial charge is 0.344 e. The van der Waals surface area contributed by atoms with Crippen LogP contribution in [0.3, 0.4) is 0 Å². The standard InChI is InChI=1S/C14H21NO3/c1-5-15-10(3)12-8-9(2)6-7-13(12)18-11(4)14(16)17/h6-8,10-11,15H,5H2,1-4H3,(H,16,17). The number of aryl methyl sites for hydroxylation is 1. The molecular weight excluding hydrogens is 230 g/mol. The Balaban J connectivity index is 2.99. The van der Waals surface area contributed by atoms with E-state index in [0.29, 0.717) is 5.75 Å². The van der Waals surface area contributed by atoms with Gasteiger partial charge in [0.25, 0.3) is 0 Å². The van der Waals surface area contributed by atoms with Gasteiger partial charge in [0.2, 0.25) is 0 Å². The van der Waals surface area contributed by atoms with Gasteiger partial charge in [0.1, 0.15) is 5.75 Å². The van der Waals surface area contributed by atoms with Crippen LogP contribution in [-0.4, -0.2) is 23.7 Å². The fourth-order valence-electron chi connectivity index (χ4n) is 1.77. The van der Waals surface area contributed by atoms with Gasteiger partial charge in [-0.05, 0) is 33.4 Å². The molecule has 1 aromatic carbocycles. The zero-order valence-corrected chi connectivity index (χ0v) is 11.4. The highest BCUT2D eigenvalue weighted by molar-refractivity contribution is 5.72. The van der Waals surface area contributed by atoms with Gasteiger partial charge in [-0.25, -0.2) is 4.79 Å². The summed E-state index contributed by atoms with van der Waals surface area (Å²) in [6, 6.07) is 5.91. The quantitative estimate of drug-likeness (QED) is 0.815. The SMILES string of the molecule is CCNC(C)c1cc(C)ccc1OC(C)C(=O)O. The summed E-state index contributed by atoms with van der Waals surface area (Å²) in [6.07, 6.45) is -0.847. The van der Waals surface area contributed by atoms with Crippen LogP contribution < -0.4 is 10.1 Å². The number of hydrogen-bond acceptors (Lipinski definition) is 3. The second-order valence-corrected chi connectivity index (χ2v) is 4.42. The molecule has 0 saturated carbocycles. The lowest BCUT2D eigenvalue weighted by Crippen LogP contribution is -2.25. The summed E-state index contributed by atoms with van der Waals surface area (Å²) in [5.41, 5.74) is 2.12. The molecule has 2 N–H and O–H groups in total. The van der Waals surface area contributed by atoms with Crippen LogP contribution >= 0.6 is 0 Å². The van der Waals surface area contributed by atoms with E-state index in [1.54, 1.807) is 0 Å². The molecular formula is C14H21NO3. The summed E-state index contributed by atoms with van der Waals surface area (Å²) in [5.74, 6) is -0.332. The Bertz CT molecular complexity index is 418. The van der Waals surface area contributed by atoms with Crippen molar-refractivity contribution in [2.75, 3.05) is 6.54 Å². The van der Waals surface area contributed by atoms with Crippen LogP contribution in [0.15, 0.2) is 18.2 Å². The maximum absolute atomic E-state index is 10.8. The molecule has 0 saturated heterocycles. The first kappa shape index (κ1) is 14.5. The molecule has 0 aliphatic carbocycles. The molecule has 1 rings (SSSR count). The van der Waals surface area contributed by atoms with E-state index in [1.807, 2.05) is 39.0 Å². The third-order valence-corrected chi connectivity index (χ3v) is 2.79. The number of aliphatic carboxylic acids is 1. The van der Waals surface area contributed by atoms with E-state index < -0.39 is 12.1 Å². The van der Waals surface area contributed by atoms with Crippen LogP contribution in [0.25, 0.3) is 0 Å². The average Bonchev–Trinajstić information content (AvgIpc) is 2.31. The van der Waals surface area contributed by atoms with Crippen molar-refractivity contribution in [3.63, 3.8) is 0 Å². The van der Waals surface area contributed by atoms with Gasteiger partial charge in [0.05, 0.1) is 0 Å². The fourth-order valence-corrected chi connectivity index (χ4v) is 1.77. The normalized spacial score (nSPS) is 14.0. The van der Waals surface area contributed by atoms with Gasteiger partial charge in [0.15, 0.2) is 6.10 Å². The molecule has 1 aromatic rings. The highest BCUT2D eigenvalue weighted by Gasteiger charge is 2.17. The minimum Gasteiger partial charge on any atom is -0.479 e. The highest BCUT2D eigenvalue weighted by atomic mass is 16.5. The molecule has 0 heterocycles. The van der Waals surface area contributed by atoms with E-state index in [0.717, 1.165) is 17.7 Å². The molecule has 0 aliphatic rings. The van der Waals surface area contributed by atoms with Crippen molar-refractivity contribution in [2.24, 2.45) is 0 Å². The summed E-state index contributed by atoms with van der Waals surface area (Å²) >= 11 is 0. The largest absolute Gasteiger partial charge is 0.479 e. The minimum absolute atomic E-state index is 0.130.